The average Bonchev–Trinajstić information content (AvgIpc) is 3.11. The molecule has 0 atom stereocenters. The molecule has 2 aromatic rings. The normalized spacial score (nSPS) is 15.2. The molecule has 1 aliphatic carbocycles. The first-order valence-electron chi connectivity index (χ1n) is 9.10. The second-order valence-corrected chi connectivity index (χ2v) is 7.03. The van der Waals surface area contributed by atoms with Crippen LogP contribution in [0.1, 0.15) is 56.6 Å². The summed E-state index contributed by atoms with van der Waals surface area (Å²) in [6.07, 6.45) is 4.76. The number of nitrogens with zero attached hydrogens (tertiary/aromatic N) is 1. The van der Waals surface area contributed by atoms with E-state index >= 15 is 0 Å². The minimum absolute atomic E-state index is 0.213. The predicted octanol–water partition coefficient (Wildman–Crippen LogP) is 5.00. The zero-order chi connectivity index (χ0) is 16.9. The molecule has 1 aliphatic rings. The molecule has 0 saturated heterocycles. The summed E-state index contributed by atoms with van der Waals surface area (Å²) in [5.41, 5.74) is 2.16. The standard InChI is InChI=1S/C22H27NO/c1-17(2)23(20-15-9-10-16-20)22(24)21(18-11-5-3-6-12-18)19-13-7-4-8-14-19/h3-8,11-14,17,20-21H,9-10,15-16H2,1-2H3. The van der Waals surface area contributed by atoms with Crippen LogP contribution < -0.4 is 0 Å². The maximum atomic E-state index is 13.6. The number of hydrogen-bond acceptors (Lipinski definition) is 1. The van der Waals surface area contributed by atoms with E-state index in [1.165, 1.54) is 12.8 Å². The van der Waals surface area contributed by atoms with Crippen LogP contribution in [0.4, 0.5) is 0 Å². The molecule has 0 radical (unpaired) electrons. The van der Waals surface area contributed by atoms with Crippen molar-refractivity contribution in [2.75, 3.05) is 0 Å². The van der Waals surface area contributed by atoms with Gasteiger partial charge in [0.1, 0.15) is 0 Å². The van der Waals surface area contributed by atoms with E-state index in [2.05, 4.69) is 43.0 Å². The largest absolute Gasteiger partial charge is 0.336 e. The lowest BCUT2D eigenvalue weighted by atomic mass is 9.89. The minimum atomic E-state index is -0.213. The number of amides is 1. The maximum Gasteiger partial charge on any atom is 0.235 e. The van der Waals surface area contributed by atoms with Crippen molar-refractivity contribution in [3.8, 4) is 0 Å². The lowest BCUT2D eigenvalue weighted by molar-refractivity contribution is -0.136. The molecule has 2 aromatic carbocycles. The first-order chi connectivity index (χ1) is 11.7. The zero-order valence-corrected chi connectivity index (χ0v) is 14.7. The molecule has 126 valence electrons. The van der Waals surface area contributed by atoms with E-state index in [-0.39, 0.29) is 17.9 Å². The third-order valence-corrected chi connectivity index (χ3v) is 5.04. The van der Waals surface area contributed by atoms with Gasteiger partial charge in [-0.3, -0.25) is 4.79 Å². The summed E-state index contributed by atoms with van der Waals surface area (Å²) in [6.45, 7) is 4.28. The van der Waals surface area contributed by atoms with Gasteiger partial charge in [-0.05, 0) is 37.8 Å². The Balaban J connectivity index is 1.99. The highest BCUT2D eigenvalue weighted by Crippen LogP contribution is 2.32. The Labute approximate surface area is 145 Å². The SMILES string of the molecule is CC(C)N(C(=O)C(c1ccccc1)c1ccccc1)C1CCCC1. The average molecular weight is 321 g/mol. The Kier molecular flexibility index (Phi) is 5.34. The zero-order valence-electron chi connectivity index (χ0n) is 14.7. The molecule has 0 bridgehead atoms. The quantitative estimate of drug-likeness (QED) is 0.759. The van der Waals surface area contributed by atoms with Crippen LogP contribution in [-0.4, -0.2) is 22.9 Å². The van der Waals surface area contributed by atoms with E-state index in [1.54, 1.807) is 0 Å². The molecule has 0 heterocycles. The van der Waals surface area contributed by atoms with Crippen LogP contribution in [0.15, 0.2) is 60.7 Å². The van der Waals surface area contributed by atoms with Crippen LogP contribution in [0.25, 0.3) is 0 Å². The summed E-state index contributed by atoms with van der Waals surface area (Å²) in [4.78, 5) is 15.7. The molecule has 0 spiro atoms. The van der Waals surface area contributed by atoms with E-state index in [0.29, 0.717) is 6.04 Å². The van der Waals surface area contributed by atoms with Gasteiger partial charge in [-0.25, -0.2) is 0 Å². The first-order valence-corrected chi connectivity index (χ1v) is 9.10. The monoisotopic (exact) mass is 321 g/mol. The van der Waals surface area contributed by atoms with Gasteiger partial charge in [-0.1, -0.05) is 73.5 Å². The molecule has 0 unspecified atom stereocenters. The topological polar surface area (TPSA) is 20.3 Å². The van der Waals surface area contributed by atoms with E-state index in [4.69, 9.17) is 0 Å². The van der Waals surface area contributed by atoms with Crippen molar-refractivity contribution >= 4 is 5.91 Å². The second kappa shape index (κ2) is 7.65. The Hall–Kier alpha value is -2.09. The number of rotatable bonds is 5. The van der Waals surface area contributed by atoms with Gasteiger partial charge in [0, 0.05) is 12.1 Å². The lowest BCUT2D eigenvalue weighted by Crippen LogP contribution is -2.46. The van der Waals surface area contributed by atoms with Gasteiger partial charge in [-0.2, -0.15) is 0 Å². The minimum Gasteiger partial charge on any atom is -0.336 e. The van der Waals surface area contributed by atoms with E-state index in [9.17, 15) is 4.79 Å². The summed E-state index contributed by atoms with van der Waals surface area (Å²) in [6, 6.07) is 21.0. The molecule has 1 fully saturated rings. The lowest BCUT2D eigenvalue weighted by Gasteiger charge is -2.36. The van der Waals surface area contributed by atoms with Gasteiger partial charge >= 0.3 is 0 Å². The number of carbonyl (C=O) groups is 1. The molecule has 0 N–H and O–H groups in total. The van der Waals surface area contributed by atoms with Gasteiger partial charge in [0.15, 0.2) is 0 Å². The highest BCUT2D eigenvalue weighted by molar-refractivity contribution is 5.87. The Morgan fingerprint density at radius 2 is 1.33 bits per heavy atom. The summed E-state index contributed by atoms with van der Waals surface area (Å²) in [5, 5.41) is 0. The molecule has 0 aromatic heterocycles. The van der Waals surface area contributed by atoms with Crippen LogP contribution in [0.2, 0.25) is 0 Å². The second-order valence-electron chi connectivity index (χ2n) is 7.03. The van der Waals surface area contributed by atoms with Crippen LogP contribution in [-0.2, 0) is 4.79 Å². The van der Waals surface area contributed by atoms with Crippen molar-refractivity contribution in [2.24, 2.45) is 0 Å². The van der Waals surface area contributed by atoms with E-state index in [1.807, 2.05) is 36.4 Å². The maximum absolute atomic E-state index is 13.6. The fraction of sp³-hybridized carbons (Fsp3) is 0.409. The van der Waals surface area contributed by atoms with Crippen molar-refractivity contribution in [1.29, 1.82) is 0 Å². The summed E-state index contributed by atoms with van der Waals surface area (Å²) in [5.74, 6) is 0.0321. The number of carbonyl (C=O) groups excluding carboxylic acids is 1. The third kappa shape index (κ3) is 3.53. The summed E-state index contributed by atoms with van der Waals surface area (Å²) >= 11 is 0. The Bertz CT molecular complexity index is 605. The summed E-state index contributed by atoms with van der Waals surface area (Å²) < 4.78 is 0. The van der Waals surface area contributed by atoms with Crippen molar-refractivity contribution < 1.29 is 4.79 Å². The van der Waals surface area contributed by atoms with Gasteiger partial charge in [0.05, 0.1) is 5.92 Å². The fourth-order valence-electron chi connectivity index (χ4n) is 3.96. The molecular formula is C22H27NO. The molecular weight excluding hydrogens is 294 g/mol. The van der Waals surface area contributed by atoms with Crippen LogP contribution >= 0.6 is 0 Å². The van der Waals surface area contributed by atoms with E-state index in [0.717, 1.165) is 24.0 Å². The smallest absolute Gasteiger partial charge is 0.235 e. The van der Waals surface area contributed by atoms with Gasteiger partial charge in [0.2, 0.25) is 5.91 Å². The highest BCUT2D eigenvalue weighted by atomic mass is 16.2. The van der Waals surface area contributed by atoms with Crippen molar-refractivity contribution in [3.05, 3.63) is 71.8 Å². The number of benzene rings is 2. The van der Waals surface area contributed by atoms with Crippen molar-refractivity contribution in [1.82, 2.24) is 4.90 Å². The predicted molar refractivity (Wildman–Crippen MR) is 99.0 cm³/mol. The Morgan fingerprint density at radius 1 is 0.875 bits per heavy atom. The van der Waals surface area contributed by atoms with Crippen LogP contribution in [0.5, 0.6) is 0 Å². The van der Waals surface area contributed by atoms with Crippen molar-refractivity contribution in [2.45, 2.75) is 57.5 Å². The number of hydrogen-bond donors (Lipinski definition) is 0. The van der Waals surface area contributed by atoms with E-state index < -0.39 is 0 Å². The first kappa shape index (κ1) is 16.8. The molecule has 1 amide bonds. The Morgan fingerprint density at radius 3 is 1.75 bits per heavy atom. The molecule has 24 heavy (non-hydrogen) atoms. The van der Waals surface area contributed by atoms with Crippen LogP contribution in [0.3, 0.4) is 0 Å². The summed E-state index contributed by atoms with van der Waals surface area (Å²) in [7, 11) is 0. The van der Waals surface area contributed by atoms with Gasteiger partial charge < -0.3 is 4.90 Å². The fourth-order valence-corrected chi connectivity index (χ4v) is 3.96. The molecule has 0 aliphatic heterocycles. The third-order valence-electron chi connectivity index (χ3n) is 5.04. The van der Waals surface area contributed by atoms with Crippen molar-refractivity contribution in [3.63, 3.8) is 0 Å². The van der Waals surface area contributed by atoms with Crippen LogP contribution in [0, 0.1) is 0 Å². The highest BCUT2D eigenvalue weighted by Gasteiger charge is 2.34. The van der Waals surface area contributed by atoms with Gasteiger partial charge in [0.25, 0.3) is 0 Å². The molecule has 1 saturated carbocycles. The molecule has 2 nitrogen and oxygen atoms in total. The molecule has 3 rings (SSSR count). The molecule has 2 heteroatoms. The van der Waals surface area contributed by atoms with Gasteiger partial charge in [-0.15, -0.1) is 0 Å².